The predicted molar refractivity (Wildman–Crippen MR) is 74.1 cm³/mol. The van der Waals surface area contributed by atoms with Crippen molar-refractivity contribution < 1.29 is 13.9 Å². The van der Waals surface area contributed by atoms with Crippen LogP contribution in [0, 0.1) is 5.82 Å². The molecule has 0 bridgehead atoms. The zero-order valence-corrected chi connectivity index (χ0v) is 11.5. The highest BCUT2D eigenvalue weighted by Gasteiger charge is 2.13. The van der Waals surface area contributed by atoms with Crippen molar-refractivity contribution in [3.8, 4) is 0 Å². The third-order valence-electron chi connectivity index (χ3n) is 2.51. The summed E-state index contributed by atoms with van der Waals surface area (Å²) in [5.74, 6) is -0.873. The second kappa shape index (κ2) is 5.84. The van der Waals surface area contributed by atoms with Gasteiger partial charge in [0.2, 0.25) is 0 Å². The molecular weight excluding hydrogens is 313 g/mol. The van der Waals surface area contributed by atoms with Gasteiger partial charge in [-0.05, 0) is 45.8 Å². The van der Waals surface area contributed by atoms with Crippen molar-refractivity contribution in [2.24, 2.45) is 0 Å². The number of hydrogen-bond acceptors (Lipinski definition) is 3. The van der Waals surface area contributed by atoms with Crippen LogP contribution < -0.4 is 5.73 Å². The van der Waals surface area contributed by atoms with Crippen LogP contribution in [-0.2, 0) is 11.3 Å². The Labute approximate surface area is 118 Å². The first kappa shape index (κ1) is 13.5. The molecule has 0 radical (unpaired) electrons. The van der Waals surface area contributed by atoms with E-state index in [1.54, 1.807) is 30.3 Å². The molecule has 2 aromatic carbocycles. The maximum absolute atomic E-state index is 13.0. The van der Waals surface area contributed by atoms with Gasteiger partial charge in [0, 0.05) is 5.69 Å². The first-order valence-corrected chi connectivity index (χ1v) is 6.33. The third-order valence-corrected chi connectivity index (χ3v) is 3.39. The zero-order chi connectivity index (χ0) is 13.8. The molecule has 19 heavy (non-hydrogen) atoms. The Morgan fingerprint density at radius 3 is 2.74 bits per heavy atom. The van der Waals surface area contributed by atoms with Crippen molar-refractivity contribution in [2.45, 2.75) is 6.61 Å². The summed E-state index contributed by atoms with van der Waals surface area (Å²) in [5, 5.41) is 0. The van der Waals surface area contributed by atoms with Gasteiger partial charge < -0.3 is 10.5 Å². The molecular formula is C14H11BrFNO2. The van der Waals surface area contributed by atoms with Gasteiger partial charge in [0.25, 0.3) is 0 Å². The quantitative estimate of drug-likeness (QED) is 0.694. The van der Waals surface area contributed by atoms with Gasteiger partial charge in [-0.2, -0.15) is 0 Å². The smallest absolute Gasteiger partial charge is 0.339 e. The summed E-state index contributed by atoms with van der Waals surface area (Å²) in [6.45, 7) is 0.0117. The number of ether oxygens (including phenoxy) is 1. The number of benzene rings is 2. The normalized spacial score (nSPS) is 10.2. The van der Waals surface area contributed by atoms with Crippen LogP contribution in [0.3, 0.4) is 0 Å². The van der Waals surface area contributed by atoms with E-state index in [1.807, 2.05) is 0 Å². The van der Waals surface area contributed by atoms with Crippen LogP contribution in [0.5, 0.6) is 0 Å². The molecule has 0 heterocycles. The Balaban J connectivity index is 2.08. The largest absolute Gasteiger partial charge is 0.457 e. The van der Waals surface area contributed by atoms with Crippen LogP contribution in [-0.4, -0.2) is 5.97 Å². The second-order valence-corrected chi connectivity index (χ2v) is 4.71. The maximum atomic E-state index is 13.0. The van der Waals surface area contributed by atoms with Gasteiger partial charge in [-0.3, -0.25) is 0 Å². The van der Waals surface area contributed by atoms with Crippen molar-refractivity contribution in [1.82, 2.24) is 0 Å². The molecule has 3 nitrogen and oxygen atoms in total. The fraction of sp³-hybridized carbons (Fsp3) is 0.0714. The van der Waals surface area contributed by atoms with Crippen LogP contribution in [0.15, 0.2) is 46.9 Å². The van der Waals surface area contributed by atoms with Crippen LogP contribution >= 0.6 is 15.9 Å². The molecule has 2 rings (SSSR count). The highest BCUT2D eigenvalue weighted by atomic mass is 79.9. The Morgan fingerprint density at radius 1 is 1.26 bits per heavy atom. The van der Waals surface area contributed by atoms with Gasteiger partial charge in [-0.15, -0.1) is 0 Å². The minimum atomic E-state index is -0.511. The summed E-state index contributed by atoms with van der Waals surface area (Å²) < 4.78 is 18.6. The molecule has 98 valence electrons. The average molecular weight is 324 g/mol. The van der Waals surface area contributed by atoms with E-state index in [4.69, 9.17) is 10.5 Å². The van der Waals surface area contributed by atoms with Crippen LogP contribution in [0.4, 0.5) is 10.1 Å². The molecule has 0 saturated carbocycles. The topological polar surface area (TPSA) is 52.3 Å². The average Bonchev–Trinajstić information content (AvgIpc) is 2.39. The zero-order valence-electron chi connectivity index (χ0n) is 9.90. The third kappa shape index (κ3) is 3.32. The Bertz CT molecular complexity index is 616. The highest BCUT2D eigenvalue weighted by molar-refractivity contribution is 9.10. The summed E-state index contributed by atoms with van der Waals surface area (Å²) >= 11 is 3.23. The number of carbonyl (C=O) groups is 1. The van der Waals surface area contributed by atoms with Crippen molar-refractivity contribution in [1.29, 1.82) is 0 Å². The summed E-state index contributed by atoms with van der Waals surface area (Å²) in [6, 6.07) is 10.8. The van der Waals surface area contributed by atoms with E-state index in [2.05, 4.69) is 15.9 Å². The Hall–Kier alpha value is -1.88. The lowest BCUT2D eigenvalue weighted by Gasteiger charge is -2.08. The van der Waals surface area contributed by atoms with E-state index >= 15 is 0 Å². The monoisotopic (exact) mass is 323 g/mol. The minimum absolute atomic E-state index is 0.0117. The molecule has 0 aromatic heterocycles. The maximum Gasteiger partial charge on any atom is 0.339 e. The second-order valence-electron chi connectivity index (χ2n) is 3.91. The van der Waals surface area contributed by atoms with E-state index in [0.29, 0.717) is 21.3 Å². The molecule has 2 N–H and O–H groups in total. The summed E-state index contributed by atoms with van der Waals surface area (Å²) in [7, 11) is 0. The minimum Gasteiger partial charge on any atom is -0.457 e. The molecule has 0 fully saturated rings. The summed E-state index contributed by atoms with van der Waals surface area (Å²) in [6.07, 6.45) is 0. The number of anilines is 1. The fourth-order valence-corrected chi connectivity index (χ4v) is 1.99. The van der Waals surface area contributed by atoms with E-state index in [9.17, 15) is 9.18 Å². The van der Waals surface area contributed by atoms with Gasteiger partial charge in [0.1, 0.15) is 12.4 Å². The highest BCUT2D eigenvalue weighted by Crippen LogP contribution is 2.24. The van der Waals surface area contributed by atoms with Gasteiger partial charge in [0.05, 0.1) is 10.0 Å². The molecule has 0 aliphatic carbocycles. The summed E-state index contributed by atoms with van der Waals surface area (Å²) in [5.41, 5.74) is 7.07. The number of esters is 1. The number of halogens is 2. The first-order chi connectivity index (χ1) is 9.08. The standard InChI is InChI=1S/C14H11BrFNO2/c15-13-11(5-2-6-12(13)17)14(18)19-8-9-3-1-4-10(16)7-9/h1-7H,8,17H2. The lowest BCUT2D eigenvalue weighted by atomic mass is 10.2. The lowest BCUT2D eigenvalue weighted by molar-refractivity contribution is 0.0471. The van der Waals surface area contributed by atoms with Gasteiger partial charge >= 0.3 is 5.97 Å². The molecule has 0 amide bonds. The molecule has 0 aliphatic heterocycles. The molecule has 5 heteroatoms. The molecule has 0 aliphatic rings. The Morgan fingerprint density at radius 2 is 2.00 bits per heavy atom. The van der Waals surface area contributed by atoms with E-state index in [-0.39, 0.29) is 12.4 Å². The van der Waals surface area contributed by atoms with Crippen molar-refractivity contribution in [3.63, 3.8) is 0 Å². The first-order valence-electron chi connectivity index (χ1n) is 5.53. The van der Waals surface area contributed by atoms with E-state index in [1.165, 1.54) is 12.1 Å². The number of rotatable bonds is 3. The van der Waals surface area contributed by atoms with E-state index in [0.717, 1.165) is 0 Å². The van der Waals surface area contributed by atoms with Crippen LogP contribution in [0.1, 0.15) is 15.9 Å². The van der Waals surface area contributed by atoms with Crippen molar-refractivity contribution in [3.05, 3.63) is 63.9 Å². The summed E-state index contributed by atoms with van der Waals surface area (Å²) in [4.78, 5) is 11.9. The number of hydrogen-bond donors (Lipinski definition) is 1. The van der Waals surface area contributed by atoms with E-state index < -0.39 is 5.97 Å². The fourth-order valence-electron chi connectivity index (χ4n) is 1.56. The van der Waals surface area contributed by atoms with Gasteiger partial charge in [0.15, 0.2) is 0 Å². The van der Waals surface area contributed by atoms with Crippen molar-refractivity contribution in [2.75, 3.05) is 5.73 Å². The van der Waals surface area contributed by atoms with Crippen molar-refractivity contribution >= 4 is 27.6 Å². The molecule has 0 unspecified atom stereocenters. The van der Waals surface area contributed by atoms with Gasteiger partial charge in [-0.25, -0.2) is 9.18 Å². The Kier molecular flexibility index (Phi) is 4.16. The SMILES string of the molecule is Nc1cccc(C(=O)OCc2cccc(F)c2)c1Br. The molecule has 0 atom stereocenters. The number of nitrogens with two attached hydrogens (primary N) is 1. The molecule has 2 aromatic rings. The molecule has 0 saturated heterocycles. The van der Waals surface area contributed by atoms with Gasteiger partial charge in [-0.1, -0.05) is 18.2 Å². The number of carbonyl (C=O) groups excluding carboxylic acids is 1. The number of nitrogen functional groups attached to an aromatic ring is 1. The predicted octanol–water partition coefficient (Wildman–Crippen LogP) is 3.53. The molecule has 0 spiro atoms. The lowest BCUT2D eigenvalue weighted by Crippen LogP contribution is -2.07. The van der Waals surface area contributed by atoms with Crippen LogP contribution in [0.25, 0.3) is 0 Å². The van der Waals surface area contributed by atoms with Crippen LogP contribution in [0.2, 0.25) is 0 Å².